The second kappa shape index (κ2) is 8.10. The number of rotatable bonds is 7. The molecule has 0 aliphatic rings. The largest absolute Gasteiger partial charge is 0.496 e. The van der Waals surface area contributed by atoms with Crippen molar-refractivity contribution in [2.75, 3.05) is 12.4 Å². The number of carboxylic acids is 1. The number of aliphatic carboxylic acids is 1. The molecule has 160 valence electrons. The summed E-state index contributed by atoms with van der Waals surface area (Å²) in [5, 5.41) is 21.5. The highest BCUT2D eigenvalue weighted by Gasteiger charge is 2.22. The Bertz CT molecular complexity index is 1250. The Balaban J connectivity index is 1.87. The summed E-state index contributed by atoms with van der Waals surface area (Å²) in [6.45, 7) is 5.60. The van der Waals surface area contributed by atoms with Crippen molar-refractivity contribution in [1.82, 2.24) is 24.4 Å². The number of aromatic nitrogens is 5. The van der Waals surface area contributed by atoms with E-state index in [1.54, 1.807) is 28.6 Å². The molecule has 0 amide bonds. The second-order valence-corrected chi connectivity index (χ2v) is 7.26. The van der Waals surface area contributed by atoms with E-state index in [9.17, 15) is 9.90 Å². The number of fused-ring (bicyclic) bond motifs is 1. The average Bonchev–Trinajstić information content (AvgIpc) is 3.39. The lowest BCUT2D eigenvalue weighted by Crippen LogP contribution is -2.29. The molecule has 0 radical (unpaired) electrons. The van der Waals surface area contributed by atoms with Gasteiger partial charge in [0, 0.05) is 35.8 Å². The highest BCUT2D eigenvalue weighted by Crippen LogP contribution is 2.37. The summed E-state index contributed by atoms with van der Waals surface area (Å²) in [6.07, 6.45) is 4.02. The lowest BCUT2D eigenvalue weighted by molar-refractivity contribution is -0.137. The van der Waals surface area contributed by atoms with E-state index in [-0.39, 0.29) is 0 Å². The first-order valence-corrected chi connectivity index (χ1v) is 9.97. The SMILES string of the molecule is CC[C@H](Nc1cc(C)nc2c(-c3ccc(-n4cccn4)cc3OC)c(C)nn12)C(=O)O. The third-order valence-corrected chi connectivity index (χ3v) is 5.14. The van der Waals surface area contributed by atoms with E-state index in [4.69, 9.17) is 9.72 Å². The molecule has 0 aliphatic heterocycles. The molecule has 0 unspecified atom stereocenters. The molecule has 4 rings (SSSR count). The summed E-state index contributed by atoms with van der Waals surface area (Å²) in [5.74, 6) is 0.337. The van der Waals surface area contributed by atoms with Crippen LogP contribution in [0.3, 0.4) is 0 Å². The van der Waals surface area contributed by atoms with Gasteiger partial charge in [0.2, 0.25) is 0 Å². The smallest absolute Gasteiger partial charge is 0.326 e. The zero-order chi connectivity index (χ0) is 22.1. The van der Waals surface area contributed by atoms with E-state index in [1.807, 2.05) is 51.2 Å². The van der Waals surface area contributed by atoms with Crippen LogP contribution in [0.5, 0.6) is 5.75 Å². The number of nitrogens with one attached hydrogen (secondary N) is 1. The number of methoxy groups -OCH3 is 1. The predicted octanol–water partition coefficient (Wildman–Crippen LogP) is 3.48. The van der Waals surface area contributed by atoms with Gasteiger partial charge in [-0.05, 0) is 38.5 Å². The van der Waals surface area contributed by atoms with Crippen molar-refractivity contribution < 1.29 is 14.6 Å². The van der Waals surface area contributed by atoms with E-state index < -0.39 is 12.0 Å². The topological polar surface area (TPSA) is 107 Å². The molecule has 1 aromatic carbocycles. The molecule has 9 nitrogen and oxygen atoms in total. The van der Waals surface area contributed by atoms with Crippen molar-refractivity contribution in [1.29, 1.82) is 0 Å². The standard InChI is InChI=1S/C22H24N6O3/c1-5-17(22(29)30)25-19-11-13(2)24-21-20(14(3)26-28(19)21)16-8-7-15(12-18(16)31-4)27-10-6-9-23-27/h6-12,17,25H,5H2,1-4H3,(H,29,30)/t17-/m0/s1. The van der Waals surface area contributed by atoms with Gasteiger partial charge in [-0.3, -0.25) is 0 Å². The fraction of sp³-hybridized carbons (Fsp3) is 0.273. The van der Waals surface area contributed by atoms with Gasteiger partial charge in [0.05, 0.1) is 24.1 Å². The number of nitrogens with zero attached hydrogens (tertiary/aromatic N) is 5. The Morgan fingerprint density at radius 2 is 2.10 bits per heavy atom. The number of carbonyl (C=O) groups is 1. The van der Waals surface area contributed by atoms with E-state index in [1.165, 1.54) is 0 Å². The van der Waals surface area contributed by atoms with E-state index in [2.05, 4.69) is 15.5 Å². The van der Waals surface area contributed by atoms with Crippen molar-refractivity contribution in [2.45, 2.75) is 33.2 Å². The Morgan fingerprint density at radius 1 is 1.29 bits per heavy atom. The van der Waals surface area contributed by atoms with Crippen LogP contribution in [0, 0.1) is 13.8 Å². The number of hydrogen-bond donors (Lipinski definition) is 2. The van der Waals surface area contributed by atoms with Gasteiger partial charge in [-0.25, -0.2) is 14.5 Å². The van der Waals surface area contributed by atoms with Crippen molar-refractivity contribution in [2.24, 2.45) is 0 Å². The number of hydrogen-bond acceptors (Lipinski definition) is 6. The quantitative estimate of drug-likeness (QED) is 0.471. The summed E-state index contributed by atoms with van der Waals surface area (Å²) in [6, 6.07) is 8.77. The maximum atomic E-state index is 11.5. The number of aryl methyl sites for hydroxylation is 2. The van der Waals surface area contributed by atoms with Crippen LogP contribution in [0.25, 0.3) is 22.5 Å². The molecule has 0 fully saturated rings. The van der Waals surface area contributed by atoms with Gasteiger partial charge in [-0.15, -0.1) is 0 Å². The molecule has 0 bridgehead atoms. The minimum absolute atomic E-state index is 0.439. The molecule has 31 heavy (non-hydrogen) atoms. The summed E-state index contributed by atoms with van der Waals surface area (Å²) >= 11 is 0. The van der Waals surface area contributed by atoms with Crippen molar-refractivity contribution in [3.05, 3.63) is 54.1 Å². The van der Waals surface area contributed by atoms with E-state index in [0.29, 0.717) is 23.6 Å². The van der Waals surface area contributed by atoms with Crippen LogP contribution in [-0.2, 0) is 4.79 Å². The molecule has 0 spiro atoms. The molecule has 3 aromatic heterocycles. The monoisotopic (exact) mass is 420 g/mol. The number of carboxylic acid groups (broad SMARTS) is 1. The number of benzene rings is 1. The van der Waals surface area contributed by atoms with Gasteiger partial charge in [-0.2, -0.15) is 14.7 Å². The maximum Gasteiger partial charge on any atom is 0.326 e. The highest BCUT2D eigenvalue weighted by atomic mass is 16.5. The first-order valence-electron chi connectivity index (χ1n) is 9.97. The lowest BCUT2D eigenvalue weighted by Gasteiger charge is -2.15. The summed E-state index contributed by atoms with van der Waals surface area (Å²) in [7, 11) is 1.62. The van der Waals surface area contributed by atoms with Crippen LogP contribution < -0.4 is 10.1 Å². The molecular formula is C22H24N6O3. The van der Waals surface area contributed by atoms with E-state index in [0.717, 1.165) is 28.2 Å². The fourth-order valence-corrected chi connectivity index (χ4v) is 3.63. The molecular weight excluding hydrogens is 396 g/mol. The molecule has 0 saturated carbocycles. The van der Waals surface area contributed by atoms with Crippen LogP contribution in [-0.4, -0.2) is 48.6 Å². The second-order valence-electron chi connectivity index (χ2n) is 7.26. The van der Waals surface area contributed by atoms with Crippen LogP contribution in [0.15, 0.2) is 42.7 Å². The average molecular weight is 420 g/mol. The lowest BCUT2D eigenvalue weighted by atomic mass is 10.0. The molecule has 9 heteroatoms. The molecule has 0 saturated heterocycles. The fourth-order valence-electron chi connectivity index (χ4n) is 3.63. The molecule has 4 aromatic rings. The molecule has 2 N–H and O–H groups in total. The van der Waals surface area contributed by atoms with Crippen LogP contribution in [0.2, 0.25) is 0 Å². The third-order valence-electron chi connectivity index (χ3n) is 5.14. The minimum atomic E-state index is -0.912. The summed E-state index contributed by atoms with van der Waals surface area (Å²) in [5.41, 5.74) is 4.70. The normalized spacial score (nSPS) is 12.1. The van der Waals surface area contributed by atoms with Crippen molar-refractivity contribution in [3.8, 4) is 22.6 Å². The Hall–Kier alpha value is -3.88. The van der Waals surface area contributed by atoms with Crippen LogP contribution >= 0.6 is 0 Å². The van der Waals surface area contributed by atoms with Gasteiger partial charge in [-0.1, -0.05) is 6.92 Å². The van der Waals surface area contributed by atoms with Crippen LogP contribution in [0.1, 0.15) is 24.7 Å². The maximum absolute atomic E-state index is 11.5. The van der Waals surface area contributed by atoms with Crippen molar-refractivity contribution >= 4 is 17.4 Å². The molecule has 3 heterocycles. The van der Waals surface area contributed by atoms with Gasteiger partial charge < -0.3 is 15.2 Å². The number of ether oxygens (including phenoxy) is 1. The first-order chi connectivity index (χ1) is 14.9. The first kappa shape index (κ1) is 20.4. The van der Waals surface area contributed by atoms with Crippen LogP contribution in [0.4, 0.5) is 5.82 Å². The summed E-state index contributed by atoms with van der Waals surface area (Å²) < 4.78 is 9.10. The van der Waals surface area contributed by atoms with Gasteiger partial charge in [0.1, 0.15) is 17.6 Å². The predicted molar refractivity (Wildman–Crippen MR) is 117 cm³/mol. The Kier molecular flexibility index (Phi) is 5.33. The minimum Gasteiger partial charge on any atom is -0.496 e. The summed E-state index contributed by atoms with van der Waals surface area (Å²) in [4.78, 5) is 16.2. The zero-order valence-electron chi connectivity index (χ0n) is 17.8. The zero-order valence-corrected chi connectivity index (χ0v) is 17.8. The van der Waals surface area contributed by atoms with Gasteiger partial charge >= 0.3 is 5.97 Å². The Labute approximate surface area is 179 Å². The van der Waals surface area contributed by atoms with Gasteiger partial charge in [0.25, 0.3) is 0 Å². The van der Waals surface area contributed by atoms with Gasteiger partial charge in [0.15, 0.2) is 5.65 Å². The third kappa shape index (κ3) is 3.70. The highest BCUT2D eigenvalue weighted by molar-refractivity contribution is 5.85. The molecule has 1 atom stereocenters. The molecule has 0 aliphatic carbocycles. The Morgan fingerprint density at radius 3 is 2.74 bits per heavy atom. The van der Waals surface area contributed by atoms with Crippen molar-refractivity contribution in [3.63, 3.8) is 0 Å². The number of anilines is 1. The van der Waals surface area contributed by atoms with E-state index >= 15 is 0 Å².